The largest absolute Gasteiger partial charge is 0.465 e. The molecule has 3 aromatic rings. The van der Waals surface area contributed by atoms with E-state index in [9.17, 15) is 9.59 Å². The first-order valence-corrected chi connectivity index (χ1v) is 8.83. The van der Waals surface area contributed by atoms with E-state index < -0.39 is 5.97 Å². The van der Waals surface area contributed by atoms with E-state index in [0.29, 0.717) is 11.3 Å². The van der Waals surface area contributed by atoms with Crippen LogP contribution >= 0.6 is 0 Å². The monoisotopic (exact) mass is 378 g/mol. The smallest absolute Gasteiger partial charge is 0.337 e. The number of nitrogens with one attached hydrogen (secondary N) is 2. The summed E-state index contributed by atoms with van der Waals surface area (Å²) >= 11 is 0. The van der Waals surface area contributed by atoms with Crippen molar-refractivity contribution >= 4 is 23.3 Å². The van der Waals surface area contributed by atoms with E-state index in [1.807, 2.05) is 48.9 Å². The minimum atomic E-state index is -0.398. The van der Waals surface area contributed by atoms with Crippen LogP contribution in [-0.4, -0.2) is 35.3 Å². The number of para-hydroxylation sites is 1. The molecule has 3 rings (SSSR count). The van der Waals surface area contributed by atoms with Crippen LogP contribution in [-0.2, 0) is 9.53 Å². The number of nitrogens with zero attached hydrogens (tertiary/aromatic N) is 2. The highest BCUT2D eigenvalue weighted by Gasteiger charge is 2.15. The van der Waals surface area contributed by atoms with Gasteiger partial charge in [-0.05, 0) is 50.2 Å². The number of benzene rings is 2. The molecule has 0 unspecified atom stereocenters. The Balaban J connectivity index is 1.64. The fourth-order valence-electron chi connectivity index (χ4n) is 2.85. The Hall–Kier alpha value is -3.61. The van der Waals surface area contributed by atoms with Crippen LogP contribution in [0.4, 0.5) is 11.4 Å². The van der Waals surface area contributed by atoms with Gasteiger partial charge in [0.05, 0.1) is 42.0 Å². The number of anilines is 2. The lowest BCUT2D eigenvalue weighted by Gasteiger charge is -2.09. The molecule has 0 aliphatic carbocycles. The second-order valence-electron chi connectivity index (χ2n) is 6.26. The first-order chi connectivity index (χ1) is 13.5. The molecule has 0 saturated carbocycles. The van der Waals surface area contributed by atoms with Gasteiger partial charge in [0.15, 0.2) is 0 Å². The Morgan fingerprint density at radius 2 is 1.71 bits per heavy atom. The average Bonchev–Trinajstić information content (AvgIpc) is 3.01. The molecule has 144 valence electrons. The number of ether oxygens (including phenoxy) is 1. The molecule has 28 heavy (non-hydrogen) atoms. The highest BCUT2D eigenvalue weighted by molar-refractivity contribution is 5.95. The van der Waals surface area contributed by atoms with Crippen molar-refractivity contribution < 1.29 is 14.3 Å². The lowest BCUT2D eigenvalue weighted by Crippen LogP contribution is -2.22. The number of methoxy groups -OCH3 is 1. The van der Waals surface area contributed by atoms with Gasteiger partial charge >= 0.3 is 5.97 Å². The van der Waals surface area contributed by atoms with Gasteiger partial charge in [-0.25, -0.2) is 9.48 Å². The normalized spacial score (nSPS) is 10.4. The van der Waals surface area contributed by atoms with Crippen molar-refractivity contribution in [2.45, 2.75) is 13.8 Å². The summed E-state index contributed by atoms with van der Waals surface area (Å²) in [6.45, 7) is 3.87. The van der Waals surface area contributed by atoms with E-state index >= 15 is 0 Å². The number of hydrogen-bond acceptors (Lipinski definition) is 5. The van der Waals surface area contributed by atoms with Gasteiger partial charge in [0, 0.05) is 5.69 Å². The Morgan fingerprint density at radius 1 is 1.04 bits per heavy atom. The molecule has 2 aromatic carbocycles. The molecule has 1 amide bonds. The Bertz CT molecular complexity index is 979. The molecule has 7 nitrogen and oxygen atoms in total. The number of rotatable bonds is 6. The number of esters is 1. The first kappa shape index (κ1) is 19.2. The minimum Gasteiger partial charge on any atom is -0.465 e. The topological polar surface area (TPSA) is 85.2 Å². The molecular formula is C21H22N4O3. The van der Waals surface area contributed by atoms with Crippen LogP contribution in [0.15, 0.2) is 54.6 Å². The molecule has 1 aromatic heterocycles. The zero-order valence-electron chi connectivity index (χ0n) is 16.0. The maximum atomic E-state index is 12.4. The molecule has 0 fully saturated rings. The zero-order valence-corrected chi connectivity index (χ0v) is 16.0. The summed E-state index contributed by atoms with van der Waals surface area (Å²) in [5.41, 5.74) is 4.44. The molecule has 0 saturated heterocycles. The lowest BCUT2D eigenvalue weighted by atomic mass is 10.2. The number of aryl methyl sites for hydroxylation is 1. The lowest BCUT2D eigenvalue weighted by molar-refractivity contribution is -0.114. The average molecular weight is 378 g/mol. The first-order valence-electron chi connectivity index (χ1n) is 8.83. The number of carbonyl (C=O) groups excluding carboxylic acids is 2. The Kier molecular flexibility index (Phi) is 5.74. The standard InChI is InChI=1S/C21H22N4O3/c1-14-20(15(2)25(24-14)18-7-5-4-6-8-18)23-19(26)13-22-17-11-9-16(10-12-17)21(27)28-3/h4-12,22H,13H2,1-3H3,(H,23,26). The molecule has 0 radical (unpaired) electrons. The summed E-state index contributed by atoms with van der Waals surface area (Å²) in [6.07, 6.45) is 0. The van der Waals surface area contributed by atoms with Crippen LogP contribution in [0, 0.1) is 13.8 Å². The fraction of sp³-hybridized carbons (Fsp3) is 0.190. The summed E-state index contributed by atoms with van der Waals surface area (Å²) in [5.74, 6) is -0.582. The van der Waals surface area contributed by atoms with Gasteiger partial charge in [-0.3, -0.25) is 4.79 Å². The highest BCUT2D eigenvalue weighted by atomic mass is 16.5. The maximum Gasteiger partial charge on any atom is 0.337 e. The van der Waals surface area contributed by atoms with Gasteiger partial charge in [0.1, 0.15) is 0 Å². The van der Waals surface area contributed by atoms with Crippen molar-refractivity contribution in [2.75, 3.05) is 24.3 Å². The van der Waals surface area contributed by atoms with Crippen LogP contribution in [0.1, 0.15) is 21.7 Å². The van der Waals surface area contributed by atoms with Crippen LogP contribution in [0.25, 0.3) is 5.69 Å². The second-order valence-corrected chi connectivity index (χ2v) is 6.26. The number of hydrogen-bond donors (Lipinski definition) is 2. The third-order valence-corrected chi connectivity index (χ3v) is 4.32. The van der Waals surface area contributed by atoms with Crippen LogP contribution in [0.3, 0.4) is 0 Å². The van der Waals surface area contributed by atoms with Crippen molar-refractivity contribution in [1.82, 2.24) is 9.78 Å². The maximum absolute atomic E-state index is 12.4. The SMILES string of the molecule is COC(=O)c1ccc(NCC(=O)Nc2c(C)nn(-c3ccccc3)c2C)cc1. The molecular weight excluding hydrogens is 356 g/mol. The van der Waals surface area contributed by atoms with Crippen molar-refractivity contribution in [3.63, 3.8) is 0 Å². The van der Waals surface area contributed by atoms with Crippen LogP contribution < -0.4 is 10.6 Å². The molecule has 0 atom stereocenters. The van der Waals surface area contributed by atoms with Crippen molar-refractivity contribution in [2.24, 2.45) is 0 Å². The second kappa shape index (κ2) is 8.39. The summed E-state index contributed by atoms with van der Waals surface area (Å²) in [5, 5.41) is 10.5. The van der Waals surface area contributed by atoms with E-state index in [0.717, 1.165) is 22.8 Å². The zero-order chi connectivity index (χ0) is 20.1. The Morgan fingerprint density at radius 3 is 2.36 bits per heavy atom. The number of amides is 1. The van der Waals surface area contributed by atoms with Crippen molar-refractivity contribution in [1.29, 1.82) is 0 Å². The summed E-state index contributed by atoms with van der Waals surface area (Å²) < 4.78 is 6.48. The summed E-state index contributed by atoms with van der Waals surface area (Å²) in [4.78, 5) is 23.8. The molecule has 7 heteroatoms. The quantitative estimate of drug-likeness (QED) is 0.643. The van der Waals surface area contributed by atoms with E-state index in [-0.39, 0.29) is 12.5 Å². The molecule has 0 aliphatic rings. The van der Waals surface area contributed by atoms with E-state index in [1.165, 1.54) is 7.11 Å². The molecule has 1 heterocycles. The Labute approximate surface area is 163 Å². The molecule has 2 N–H and O–H groups in total. The van der Waals surface area contributed by atoms with Crippen LogP contribution in [0.2, 0.25) is 0 Å². The van der Waals surface area contributed by atoms with Gasteiger partial charge in [-0.2, -0.15) is 5.10 Å². The third-order valence-electron chi connectivity index (χ3n) is 4.32. The number of carbonyl (C=O) groups is 2. The van der Waals surface area contributed by atoms with Gasteiger partial charge in [-0.1, -0.05) is 18.2 Å². The highest BCUT2D eigenvalue weighted by Crippen LogP contribution is 2.22. The van der Waals surface area contributed by atoms with Gasteiger partial charge < -0.3 is 15.4 Å². The molecule has 0 bridgehead atoms. The van der Waals surface area contributed by atoms with Gasteiger partial charge in [0.2, 0.25) is 5.91 Å². The van der Waals surface area contributed by atoms with E-state index in [2.05, 4.69) is 20.5 Å². The van der Waals surface area contributed by atoms with E-state index in [1.54, 1.807) is 24.3 Å². The molecule has 0 aliphatic heterocycles. The fourth-order valence-corrected chi connectivity index (χ4v) is 2.85. The van der Waals surface area contributed by atoms with Gasteiger partial charge in [-0.15, -0.1) is 0 Å². The predicted molar refractivity (Wildman–Crippen MR) is 108 cm³/mol. The third kappa shape index (κ3) is 4.20. The van der Waals surface area contributed by atoms with E-state index in [4.69, 9.17) is 0 Å². The predicted octanol–water partition coefficient (Wildman–Crippen LogP) is 3.33. The van der Waals surface area contributed by atoms with Gasteiger partial charge in [0.25, 0.3) is 0 Å². The van der Waals surface area contributed by atoms with Crippen molar-refractivity contribution in [3.8, 4) is 5.69 Å². The summed E-state index contributed by atoms with van der Waals surface area (Å²) in [7, 11) is 1.34. The van der Waals surface area contributed by atoms with Crippen molar-refractivity contribution in [3.05, 3.63) is 71.5 Å². The summed E-state index contributed by atoms with van der Waals surface area (Å²) in [6, 6.07) is 16.5. The molecule has 0 spiro atoms. The van der Waals surface area contributed by atoms with Crippen LogP contribution in [0.5, 0.6) is 0 Å². The number of aromatic nitrogens is 2. The minimum absolute atomic E-state index is 0.0902.